The van der Waals surface area contributed by atoms with Crippen LogP contribution in [0.1, 0.15) is 37.5 Å². The number of hydrogen-bond acceptors (Lipinski definition) is 4. The minimum Gasteiger partial charge on any atom is -0.378 e. The number of carbonyl (C=O) groups is 2. The van der Waals surface area contributed by atoms with Gasteiger partial charge in [-0.15, -0.1) is 0 Å². The molecule has 0 radical (unpaired) electrons. The summed E-state index contributed by atoms with van der Waals surface area (Å²) in [7, 11) is 3.34. The van der Waals surface area contributed by atoms with Crippen LogP contribution in [0.25, 0.3) is 0 Å². The first-order chi connectivity index (χ1) is 11.5. The number of primary amides is 1. The monoisotopic (exact) mass is 328 g/mol. The summed E-state index contributed by atoms with van der Waals surface area (Å²) < 4.78 is 6.69. The lowest BCUT2D eigenvalue weighted by Gasteiger charge is -2.25. The van der Waals surface area contributed by atoms with Gasteiger partial charge in [-0.2, -0.15) is 5.10 Å². The van der Waals surface area contributed by atoms with Crippen molar-refractivity contribution < 1.29 is 14.3 Å². The molecule has 1 aromatic heterocycles. The van der Waals surface area contributed by atoms with E-state index in [0.717, 1.165) is 29.7 Å². The van der Waals surface area contributed by atoms with Gasteiger partial charge in [0.2, 0.25) is 0 Å². The molecule has 0 fully saturated rings. The number of amides is 2. The molecule has 1 aliphatic heterocycles. The highest BCUT2D eigenvalue weighted by Gasteiger charge is 2.21. The molecule has 7 heteroatoms. The van der Waals surface area contributed by atoms with Crippen LogP contribution >= 0.6 is 0 Å². The maximum Gasteiger partial charge on any atom is 0.253 e. The van der Waals surface area contributed by atoms with E-state index in [2.05, 4.69) is 5.10 Å². The van der Waals surface area contributed by atoms with Crippen molar-refractivity contribution in [1.82, 2.24) is 14.7 Å². The number of nitrogens with two attached hydrogens (primary N) is 1. The van der Waals surface area contributed by atoms with E-state index in [-0.39, 0.29) is 12.5 Å². The Morgan fingerprint density at radius 3 is 2.92 bits per heavy atom. The Balaban J connectivity index is 1.88. The van der Waals surface area contributed by atoms with E-state index in [1.165, 1.54) is 7.11 Å². The molecule has 0 saturated heterocycles. The van der Waals surface area contributed by atoms with E-state index in [1.807, 2.05) is 25.2 Å². The summed E-state index contributed by atoms with van der Waals surface area (Å²) in [5, 5.41) is 4.36. The second-order valence-electron chi connectivity index (χ2n) is 5.95. The number of fused-ring (bicyclic) bond motifs is 1. The molecule has 3 rings (SSSR count). The Bertz CT molecular complexity index is 797. The Hall–Kier alpha value is -2.67. The van der Waals surface area contributed by atoms with Crippen molar-refractivity contribution in [2.75, 3.05) is 20.7 Å². The van der Waals surface area contributed by atoms with Crippen LogP contribution in [0.15, 0.2) is 24.4 Å². The van der Waals surface area contributed by atoms with Crippen LogP contribution in [0.3, 0.4) is 0 Å². The molecule has 126 valence electrons. The lowest BCUT2D eigenvalue weighted by atomic mass is 9.97. The van der Waals surface area contributed by atoms with Gasteiger partial charge in [-0.3, -0.25) is 14.3 Å². The van der Waals surface area contributed by atoms with Gasteiger partial charge in [0.05, 0.1) is 18.7 Å². The van der Waals surface area contributed by atoms with Crippen LogP contribution < -0.4 is 5.73 Å². The number of nitrogens with zero attached hydrogens (tertiary/aromatic N) is 3. The summed E-state index contributed by atoms with van der Waals surface area (Å²) in [6.45, 7) is 1.42. The minimum atomic E-state index is -0.532. The summed E-state index contributed by atoms with van der Waals surface area (Å²) in [6, 6.07) is 5.87. The second kappa shape index (κ2) is 6.45. The molecule has 0 atom stereocenters. The van der Waals surface area contributed by atoms with E-state index in [4.69, 9.17) is 10.5 Å². The minimum absolute atomic E-state index is 0.0384. The molecular formula is C17H20N4O3. The third kappa shape index (κ3) is 3.03. The molecule has 2 heterocycles. The van der Waals surface area contributed by atoms with Crippen molar-refractivity contribution in [3.05, 3.63) is 52.3 Å². The number of aromatic nitrogens is 2. The quantitative estimate of drug-likeness (QED) is 0.879. The summed E-state index contributed by atoms with van der Waals surface area (Å²) in [5.41, 5.74) is 8.99. The van der Waals surface area contributed by atoms with E-state index in [1.54, 1.807) is 15.8 Å². The van der Waals surface area contributed by atoms with Crippen LogP contribution in [0.4, 0.5) is 0 Å². The Labute approximate surface area is 140 Å². The van der Waals surface area contributed by atoms with E-state index in [0.29, 0.717) is 17.8 Å². The van der Waals surface area contributed by atoms with E-state index >= 15 is 0 Å². The predicted molar refractivity (Wildman–Crippen MR) is 87.7 cm³/mol. The normalized spacial score (nSPS) is 13.9. The smallest absolute Gasteiger partial charge is 0.253 e. The zero-order valence-corrected chi connectivity index (χ0v) is 13.8. The van der Waals surface area contributed by atoms with Crippen molar-refractivity contribution in [3.8, 4) is 0 Å². The van der Waals surface area contributed by atoms with Crippen molar-refractivity contribution in [3.63, 3.8) is 0 Å². The molecule has 0 bridgehead atoms. The van der Waals surface area contributed by atoms with Crippen LogP contribution in [-0.4, -0.2) is 47.2 Å². The number of likely N-dealkylation sites (N-methyl/N-ethyl adjacent to an activating group) is 1. The number of rotatable bonds is 5. The highest BCUT2D eigenvalue weighted by atomic mass is 16.5. The first kappa shape index (κ1) is 16.2. The molecule has 7 nitrogen and oxygen atoms in total. The van der Waals surface area contributed by atoms with Gasteiger partial charge in [-0.05, 0) is 23.6 Å². The van der Waals surface area contributed by atoms with Crippen LogP contribution in [0, 0.1) is 0 Å². The molecule has 0 unspecified atom stereocenters. The zero-order valence-electron chi connectivity index (χ0n) is 13.8. The van der Waals surface area contributed by atoms with Gasteiger partial charge in [0.15, 0.2) is 0 Å². The summed E-state index contributed by atoms with van der Waals surface area (Å²) in [6.07, 6.45) is 2.48. The fourth-order valence-corrected chi connectivity index (χ4v) is 2.91. The van der Waals surface area contributed by atoms with Crippen LogP contribution in [0.5, 0.6) is 0 Å². The zero-order chi connectivity index (χ0) is 17.3. The van der Waals surface area contributed by atoms with Gasteiger partial charge in [0, 0.05) is 32.5 Å². The predicted octanol–water partition coefficient (Wildman–Crippen LogP) is 0.805. The maximum atomic E-state index is 12.3. The van der Waals surface area contributed by atoms with Gasteiger partial charge >= 0.3 is 0 Å². The Kier molecular flexibility index (Phi) is 4.35. The molecule has 2 N–H and O–H groups in total. The number of carbonyl (C=O) groups excluding carboxylic acids is 2. The first-order valence-electron chi connectivity index (χ1n) is 7.72. The average Bonchev–Trinajstić information content (AvgIpc) is 2.95. The standard InChI is InChI=1S/C17H20N4O3/c1-20-6-5-12-4-3-11(7-13(12)17(20)23)8-21-9-14(16(18)22)15(19-21)10-24-2/h3-4,7,9H,5-6,8,10H2,1-2H3,(H2,18,22). The van der Waals surface area contributed by atoms with Gasteiger partial charge in [-0.25, -0.2) is 0 Å². The highest BCUT2D eigenvalue weighted by Crippen LogP contribution is 2.20. The number of benzene rings is 1. The van der Waals surface area contributed by atoms with Crippen molar-refractivity contribution in [2.45, 2.75) is 19.6 Å². The largest absolute Gasteiger partial charge is 0.378 e. The van der Waals surface area contributed by atoms with Crippen LogP contribution in [0.2, 0.25) is 0 Å². The average molecular weight is 328 g/mol. The molecule has 0 aliphatic carbocycles. The topological polar surface area (TPSA) is 90.5 Å². The summed E-state index contributed by atoms with van der Waals surface area (Å²) in [4.78, 5) is 25.5. The summed E-state index contributed by atoms with van der Waals surface area (Å²) in [5.74, 6) is -0.494. The Morgan fingerprint density at radius 1 is 1.42 bits per heavy atom. The van der Waals surface area contributed by atoms with Crippen molar-refractivity contribution >= 4 is 11.8 Å². The van der Waals surface area contributed by atoms with E-state index in [9.17, 15) is 9.59 Å². The SMILES string of the molecule is COCc1nn(Cc2ccc3c(c2)C(=O)N(C)CC3)cc1C(N)=O. The summed E-state index contributed by atoms with van der Waals surface area (Å²) >= 11 is 0. The molecule has 24 heavy (non-hydrogen) atoms. The van der Waals surface area contributed by atoms with Crippen molar-refractivity contribution in [1.29, 1.82) is 0 Å². The number of methoxy groups -OCH3 is 1. The Morgan fingerprint density at radius 2 is 2.21 bits per heavy atom. The van der Waals surface area contributed by atoms with Gasteiger partial charge in [-0.1, -0.05) is 12.1 Å². The van der Waals surface area contributed by atoms with Crippen LogP contribution in [-0.2, 0) is 24.3 Å². The van der Waals surface area contributed by atoms with Gasteiger partial charge in [0.25, 0.3) is 11.8 Å². The van der Waals surface area contributed by atoms with Gasteiger partial charge < -0.3 is 15.4 Å². The highest BCUT2D eigenvalue weighted by molar-refractivity contribution is 5.96. The number of ether oxygens (including phenoxy) is 1. The maximum absolute atomic E-state index is 12.3. The first-order valence-corrected chi connectivity index (χ1v) is 7.72. The lowest BCUT2D eigenvalue weighted by molar-refractivity contribution is 0.0780. The molecule has 2 amide bonds. The lowest BCUT2D eigenvalue weighted by Crippen LogP contribution is -2.34. The molecule has 2 aromatic rings. The molecule has 1 aromatic carbocycles. The third-order valence-corrected chi connectivity index (χ3v) is 4.20. The third-order valence-electron chi connectivity index (χ3n) is 4.20. The van der Waals surface area contributed by atoms with Crippen molar-refractivity contribution in [2.24, 2.45) is 5.73 Å². The molecular weight excluding hydrogens is 308 g/mol. The second-order valence-corrected chi connectivity index (χ2v) is 5.95. The van der Waals surface area contributed by atoms with E-state index < -0.39 is 5.91 Å². The molecule has 1 aliphatic rings. The molecule has 0 spiro atoms. The number of hydrogen-bond donors (Lipinski definition) is 1. The fourth-order valence-electron chi connectivity index (χ4n) is 2.91. The fraction of sp³-hybridized carbons (Fsp3) is 0.353. The molecule has 0 saturated carbocycles. The van der Waals surface area contributed by atoms with Gasteiger partial charge in [0.1, 0.15) is 5.69 Å².